The molecule has 0 fully saturated rings. The quantitative estimate of drug-likeness (QED) is 0.446. The van der Waals surface area contributed by atoms with Crippen LogP contribution in [0, 0.1) is 6.92 Å². The first-order valence-electron chi connectivity index (χ1n) is 10.0. The summed E-state index contributed by atoms with van der Waals surface area (Å²) in [6.07, 6.45) is 4.96. The monoisotopic (exact) mass is 441 g/mol. The Balaban J connectivity index is 1.67. The molecule has 10 nitrogen and oxygen atoms in total. The summed E-state index contributed by atoms with van der Waals surface area (Å²) in [6, 6.07) is 14.3. The van der Waals surface area contributed by atoms with Crippen LogP contribution in [0.2, 0.25) is 0 Å². The first-order valence-corrected chi connectivity index (χ1v) is 10.0. The summed E-state index contributed by atoms with van der Waals surface area (Å²) in [5.74, 6) is 0.733. The number of aromatic nitrogens is 6. The van der Waals surface area contributed by atoms with Gasteiger partial charge in [0.05, 0.1) is 18.5 Å². The Morgan fingerprint density at radius 1 is 0.939 bits per heavy atom. The van der Waals surface area contributed by atoms with Gasteiger partial charge >= 0.3 is 0 Å². The van der Waals surface area contributed by atoms with Crippen molar-refractivity contribution in [3.8, 4) is 22.8 Å². The number of nitrogens with zero attached hydrogens (tertiary/aromatic N) is 6. The number of rotatable bonds is 5. The Hall–Kier alpha value is -4.73. The number of amides is 1. The van der Waals surface area contributed by atoms with Gasteiger partial charge in [0.25, 0.3) is 11.5 Å². The molecular formula is C23H19N7O3. The molecule has 2 aromatic carbocycles. The van der Waals surface area contributed by atoms with E-state index in [1.807, 2.05) is 42.0 Å². The molecule has 2 N–H and O–H groups in total. The van der Waals surface area contributed by atoms with Gasteiger partial charge in [-0.2, -0.15) is 5.10 Å². The van der Waals surface area contributed by atoms with Gasteiger partial charge in [0.1, 0.15) is 23.4 Å². The normalized spacial score (nSPS) is 11.1. The molecule has 0 aliphatic carbocycles. The summed E-state index contributed by atoms with van der Waals surface area (Å²) in [5, 5.41) is 4.28. The van der Waals surface area contributed by atoms with Gasteiger partial charge in [0.2, 0.25) is 0 Å². The molecule has 0 radical (unpaired) electrons. The van der Waals surface area contributed by atoms with Crippen molar-refractivity contribution in [2.75, 3.05) is 7.11 Å². The van der Waals surface area contributed by atoms with E-state index in [0.29, 0.717) is 17.1 Å². The van der Waals surface area contributed by atoms with Crippen molar-refractivity contribution in [2.45, 2.75) is 6.92 Å². The fourth-order valence-electron chi connectivity index (χ4n) is 3.69. The third kappa shape index (κ3) is 3.33. The maximum Gasteiger partial charge on any atom is 0.284 e. The highest BCUT2D eigenvalue weighted by Crippen LogP contribution is 2.21. The van der Waals surface area contributed by atoms with Crippen LogP contribution in [-0.2, 0) is 0 Å². The molecule has 164 valence electrons. The number of aryl methyl sites for hydroxylation is 1. The van der Waals surface area contributed by atoms with Crippen molar-refractivity contribution in [2.24, 2.45) is 5.73 Å². The SMILES string of the molecule is COc1ccc(-n2nc(C(N)=O)c3ncn(-c4ccc(-n5ccnc5C)cc4)c(=O)c32)cc1. The van der Waals surface area contributed by atoms with Crippen LogP contribution < -0.4 is 16.0 Å². The highest BCUT2D eigenvalue weighted by atomic mass is 16.5. The molecule has 0 atom stereocenters. The maximum absolute atomic E-state index is 13.5. The van der Waals surface area contributed by atoms with E-state index in [9.17, 15) is 9.59 Å². The number of hydrogen-bond donors (Lipinski definition) is 1. The zero-order chi connectivity index (χ0) is 23.1. The maximum atomic E-state index is 13.5. The summed E-state index contributed by atoms with van der Waals surface area (Å²) < 4.78 is 9.91. The number of fused-ring (bicyclic) bond motifs is 1. The van der Waals surface area contributed by atoms with E-state index in [4.69, 9.17) is 10.5 Å². The van der Waals surface area contributed by atoms with Gasteiger partial charge in [-0.1, -0.05) is 0 Å². The second-order valence-electron chi connectivity index (χ2n) is 7.30. The second kappa shape index (κ2) is 7.75. The van der Waals surface area contributed by atoms with Crippen LogP contribution in [-0.4, -0.2) is 41.9 Å². The highest BCUT2D eigenvalue weighted by molar-refractivity contribution is 6.02. The minimum absolute atomic E-state index is 0.0731. The zero-order valence-corrected chi connectivity index (χ0v) is 17.8. The van der Waals surface area contributed by atoms with Gasteiger partial charge in [-0.15, -0.1) is 0 Å². The van der Waals surface area contributed by atoms with Crippen molar-refractivity contribution in [1.82, 2.24) is 28.9 Å². The molecule has 10 heteroatoms. The molecule has 3 heterocycles. The molecule has 0 aliphatic rings. The molecule has 5 aromatic rings. The van der Waals surface area contributed by atoms with E-state index < -0.39 is 5.91 Å². The molecule has 0 bridgehead atoms. The van der Waals surface area contributed by atoms with Crippen LogP contribution in [0.25, 0.3) is 28.1 Å². The van der Waals surface area contributed by atoms with E-state index in [1.165, 1.54) is 15.6 Å². The van der Waals surface area contributed by atoms with Crippen LogP contribution in [0.15, 0.2) is 72.0 Å². The lowest BCUT2D eigenvalue weighted by Crippen LogP contribution is -2.21. The topological polar surface area (TPSA) is 123 Å². The van der Waals surface area contributed by atoms with Gasteiger partial charge in [0.15, 0.2) is 11.2 Å². The number of nitrogens with two attached hydrogens (primary N) is 1. The van der Waals surface area contributed by atoms with E-state index >= 15 is 0 Å². The van der Waals surface area contributed by atoms with Crippen LogP contribution in [0.3, 0.4) is 0 Å². The standard InChI is InChI=1S/C23H19N7O3/c1-14-25-11-12-28(14)15-3-5-16(6-4-15)29-13-26-19-20(22(24)31)27-30(21(19)23(29)32)17-7-9-18(33-2)10-8-17/h3-13H,1-2H3,(H2,24,31). The van der Waals surface area contributed by atoms with Gasteiger partial charge < -0.3 is 15.0 Å². The van der Waals surface area contributed by atoms with E-state index in [1.54, 1.807) is 37.6 Å². The third-order valence-corrected chi connectivity index (χ3v) is 5.37. The lowest BCUT2D eigenvalue weighted by molar-refractivity contribution is 0.0996. The number of carbonyl (C=O) groups excluding carboxylic acids is 1. The Morgan fingerprint density at radius 3 is 2.15 bits per heavy atom. The highest BCUT2D eigenvalue weighted by Gasteiger charge is 2.21. The number of hydrogen-bond acceptors (Lipinski definition) is 6. The van der Waals surface area contributed by atoms with E-state index in [2.05, 4.69) is 15.1 Å². The number of ether oxygens (including phenoxy) is 1. The summed E-state index contributed by atoms with van der Waals surface area (Å²) in [5.41, 5.74) is 7.42. The van der Waals surface area contributed by atoms with Gasteiger partial charge in [-0.05, 0) is 55.5 Å². The number of methoxy groups -OCH3 is 1. The third-order valence-electron chi connectivity index (χ3n) is 5.37. The average Bonchev–Trinajstić information content (AvgIpc) is 3.44. The smallest absolute Gasteiger partial charge is 0.284 e. The molecule has 0 saturated heterocycles. The molecule has 0 unspecified atom stereocenters. The molecule has 3 aromatic heterocycles. The average molecular weight is 441 g/mol. The van der Waals surface area contributed by atoms with Crippen LogP contribution in [0.1, 0.15) is 16.3 Å². The fraction of sp³-hybridized carbons (Fsp3) is 0.0870. The van der Waals surface area contributed by atoms with Crippen molar-refractivity contribution in [3.63, 3.8) is 0 Å². The Kier molecular flexibility index (Phi) is 4.74. The Morgan fingerprint density at radius 2 is 1.58 bits per heavy atom. The van der Waals surface area contributed by atoms with Crippen molar-refractivity contribution >= 4 is 16.9 Å². The zero-order valence-electron chi connectivity index (χ0n) is 17.8. The van der Waals surface area contributed by atoms with Crippen molar-refractivity contribution in [1.29, 1.82) is 0 Å². The van der Waals surface area contributed by atoms with Crippen LogP contribution in [0.4, 0.5) is 0 Å². The molecule has 33 heavy (non-hydrogen) atoms. The van der Waals surface area contributed by atoms with E-state index in [-0.39, 0.29) is 22.3 Å². The van der Waals surface area contributed by atoms with Crippen molar-refractivity contribution in [3.05, 3.63) is 89.1 Å². The Bertz CT molecular complexity index is 1540. The summed E-state index contributed by atoms with van der Waals surface area (Å²) in [7, 11) is 1.56. The number of primary amides is 1. The number of carbonyl (C=O) groups is 1. The Labute approximate surface area is 187 Å². The fourth-order valence-corrected chi connectivity index (χ4v) is 3.69. The molecule has 5 rings (SSSR count). The predicted molar refractivity (Wildman–Crippen MR) is 121 cm³/mol. The van der Waals surface area contributed by atoms with E-state index in [0.717, 1.165) is 11.5 Å². The lowest BCUT2D eigenvalue weighted by Gasteiger charge is -2.09. The first-order chi connectivity index (χ1) is 16.0. The summed E-state index contributed by atoms with van der Waals surface area (Å²) in [4.78, 5) is 34.1. The van der Waals surface area contributed by atoms with Crippen LogP contribution in [0.5, 0.6) is 5.75 Å². The number of benzene rings is 2. The summed E-state index contributed by atoms with van der Waals surface area (Å²) in [6.45, 7) is 1.91. The molecule has 0 saturated carbocycles. The molecule has 1 amide bonds. The van der Waals surface area contributed by atoms with Gasteiger partial charge in [-0.25, -0.2) is 14.6 Å². The van der Waals surface area contributed by atoms with Crippen molar-refractivity contribution < 1.29 is 9.53 Å². The molecular weight excluding hydrogens is 422 g/mol. The number of imidazole rings is 1. The second-order valence-corrected chi connectivity index (χ2v) is 7.30. The van der Waals surface area contributed by atoms with Crippen LogP contribution >= 0.6 is 0 Å². The van der Waals surface area contributed by atoms with Gasteiger partial charge in [-0.3, -0.25) is 14.2 Å². The molecule has 0 spiro atoms. The van der Waals surface area contributed by atoms with Gasteiger partial charge in [0, 0.05) is 18.1 Å². The lowest BCUT2D eigenvalue weighted by atomic mass is 10.2. The molecule has 0 aliphatic heterocycles. The summed E-state index contributed by atoms with van der Waals surface area (Å²) >= 11 is 0. The minimum Gasteiger partial charge on any atom is -0.497 e. The minimum atomic E-state index is -0.767. The predicted octanol–water partition coefficient (Wildman–Crippen LogP) is 2.17. The first kappa shape index (κ1) is 20.2. The largest absolute Gasteiger partial charge is 0.497 e.